The molecule has 0 unspecified atom stereocenters. The Hall–Kier alpha value is -1.54. The molecule has 1 heterocycles. The number of hydrogen-bond donors (Lipinski definition) is 1. The molecule has 0 spiro atoms. The quantitative estimate of drug-likeness (QED) is 0.701. The van der Waals surface area contributed by atoms with Crippen molar-refractivity contribution in [1.29, 1.82) is 0 Å². The molecule has 2 aromatic carbocycles. The molecule has 0 aliphatic heterocycles. The standard InChI is InChI=1S/C18H20NSi/c1-4-11-12(5-2)16-14-9-7-8-10-15(14)19-17(16)18(20)13(11)6-3/h7-10,19H,4-6H2,1-3H3. The van der Waals surface area contributed by atoms with Crippen LogP contribution in [0, 0.1) is 0 Å². The second kappa shape index (κ2) is 5.10. The summed E-state index contributed by atoms with van der Waals surface area (Å²) in [5.41, 5.74) is 6.98. The minimum atomic E-state index is 1.07. The molecule has 0 amide bonds. The van der Waals surface area contributed by atoms with Crippen LogP contribution < -0.4 is 5.19 Å². The largest absolute Gasteiger partial charge is 0.355 e. The van der Waals surface area contributed by atoms with Crippen molar-refractivity contribution in [3.8, 4) is 0 Å². The number of aryl methyl sites for hydroxylation is 1. The SMILES string of the molecule is CCc1c(CC)c(CC)c2c([nH]c3ccccc32)c1[Si]. The monoisotopic (exact) mass is 278 g/mol. The lowest BCUT2D eigenvalue weighted by atomic mass is 9.91. The van der Waals surface area contributed by atoms with Gasteiger partial charge in [-0.05, 0) is 47.2 Å². The average Bonchev–Trinajstić information content (AvgIpc) is 2.87. The van der Waals surface area contributed by atoms with E-state index in [0.29, 0.717) is 0 Å². The van der Waals surface area contributed by atoms with Crippen molar-refractivity contribution in [3.05, 3.63) is 41.0 Å². The highest BCUT2D eigenvalue weighted by Gasteiger charge is 2.17. The molecule has 0 saturated heterocycles. The summed E-state index contributed by atoms with van der Waals surface area (Å²) in [5, 5.41) is 3.99. The van der Waals surface area contributed by atoms with Gasteiger partial charge in [0.05, 0.1) is 10.2 Å². The minimum absolute atomic E-state index is 1.07. The molecule has 20 heavy (non-hydrogen) atoms. The van der Waals surface area contributed by atoms with E-state index in [1.165, 1.54) is 43.7 Å². The van der Waals surface area contributed by atoms with Crippen LogP contribution in [0.1, 0.15) is 37.5 Å². The Morgan fingerprint density at radius 3 is 2.20 bits per heavy atom. The summed E-state index contributed by atoms with van der Waals surface area (Å²) in [7, 11) is 3.90. The Labute approximate surface area is 123 Å². The van der Waals surface area contributed by atoms with E-state index in [2.05, 4.69) is 60.3 Å². The third-order valence-corrected chi connectivity index (χ3v) is 4.90. The van der Waals surface area contributed by atoms with Gasteiger partial charge >= 0.3 is 0 Å². The van der Waals surface area contributed by atoms with Crippen molar-refractivity contribution in [1.82, 2.24) is 4.98 Å². The molecule has 0 fully saturated rings. The van der Waals surface area contributed by atoms with E-state index in [1.807, 2.05) is 0 Å². The van der Waals surface area contributed by atoms with Gasteiger partial charge in [0.25, 0.3) is 0 Å². The zero-order valence-electron chi connectivity index (χ0n) is 12.4. The number of aromatic amines is 1. The van der Waals surface area contributed by atoms with Gasteiger partial charge in [-0.25, -0.2) is 0 Å². The van der Waals surface area contributed by atoms with Crippen molar-refractivity contribution in [2.24, 2.45) is 0 Å². The molecule has 3 aromatic rings. The van der Waals surface area contributed by atoms with Gasteiger partial charge in [-0.1, -0.05) is 39.0 Å². The molecule has 1 nitrogen and oxygen atoms in total. The molecule has 1 aromatic heterocycles. The van der Waals surface area contributed by atoms with E-state index in [9.17, 15) is 0 Å². The molecule has 101 valence electrons. The van der Waals surface area contributed by atoms with Gasteiger partial charge in [0.1, 0.15) is 0 Å². The normalized spacial score (nSPS) is 11.6. The molecular formula is C18H20NSi. The van der Waals surface area contributed by atoms with Gasteiger partial charge in [0, 0.05) is 21.8 Å². The highest BCUT2D eigenvalue weighted by Crippen LogP contribution is 2.32. The first-order chi connectivity index (χ1) is 9.72. The molecule has 1 N–H and O–H groups in total. The summed E-state index contributed by atoms with van der Waals surface area (Å²) in [6.45, 7) is 6.77. The molecule has 0 atom stereocenters. The minimum Gasteiger partial charge on any atom is -0.355 e. The Bertz CT molecular complexity index is 783. The maximum atomic E-state index is 3.90. The molecule has 3 radical (unpaired) electrons. The smallest absolute Gasteiger partial charge is 0.0745 e. The lowest BCUT2D eigenvalue weighted by Crippen LogP contribution is -2.16. The van der Waals surface area contributed by atoms with E-state index < -0.39 is 0 Å². The number of rotatable bonds is 3. The first-order valence-corrected chi connectivity index (χ1v) is 8.01. The summed E-state index contributed by atoms with van der Waals surface area (Å²) < 4.78 is 0. The second-order valence-electron chi connectivity index (χ2n) is 5.29. The van der Waals surface area contributed by atoms with Crippen LogP contribution in [0.4, 0.5) is 0 Å². The second-order valence-corrected chi connectivity index (χ2v) is 5.79. The van der Waals surface area contributed by atoms with Crippen molar-refractivity contribution in [2.45, 2.75) is 40.0 Å². The molecule has 2 heteroatoms. The van der Waals surface area contributed by atoms with Crippen molar-refractivity contribution >= 4 is 37.2 Å². The summed E-state index contributed by atoms with van der Waals surface area (Å²) in [5.74, 6) is 0. The van der Waals surface area contributed by atoms with Gasteiger partial charge in [-0.15, -0.1) is 0 Å². The molecular weight excluding hydrogens is 258 g/mol. The lowest BCUT2D eigenvalue weighted by molar-refractivity contribution is 1.00. The van der Waals surface area contributed by atoms with Gasteiger partial charge in [0.2, 0.25) is 0 Å². The highest BCUT2D eigenvalue weighted by atomic mass is 28.1. The van der Waals surface area contributed by atoms with E-state index in [0.717, 1.165) is 19.3 Å². The molecule has 0 aliphatic rings. The van der Waals surface area contributed by atoms with E-state index in [4.69, 9.17) is 0 Å². The van der Waals surface area contributed by atoms with Crippen molar-refractivity contribution < 1.29 is 0 Å². The van der Waals surface area contributed by atoms with Crippen LogP contribution in [0.25, 0.3) is 21.8 Å². The van der Waals surface area contributed by atoms with Gasteiger partial charge in [-0.2, -0.15) is 0 Å². The van der Waals surface area contributed by atoms with Crippen LogP contribution in [-0.4, -0.2) is 15.2 Å². The number of nitrogens with one attached hydrogen (secondary N) is 1. The number of H-pyrrole nitrogens is 1. The maximum absolute atomic E-state index is 3.90. The Morgan fingerprint density at radius 2 is 1.55 bits per heavy atom. The van der Waals surface area contributed by atoms with Crippen LogP contribution >= 0.6 is 0 Å². The summed E-state index contributed by atoms with van der Waals surface area (Å²) in [6, 6.07) is 8.61. The summed E-state index contributed by atoms with van der Waals surface area (Å²) in [6.07, 6.45) is 3.25. The van der Waals surface area contributed by atoms with E-state index in [-0.39, 0.29) is 0 Å². The molecule has 0 bridgehead atoms. The zero-order valence-corrected chi connectivity index (χ0v) is 13.4. The van der Waals surface area contributed by atoms with Crippen LogP contribution in [0.15, 0.2) is 24.3 Å². The zero-order chi connectivity index (χ0) is 14.3. The average molecular weight is 278 g/mol. The van der Waals surface area contributed by atoms with E-state index >= 15 is 0 Å². The van der Waals surface area contributed by atoms with Crippen LogP contribution in [0.2, 0.25) is 0 Å². The molecule has 0 aliphatic carbocycles. The van der Waals surface area contributed by atoms with Crippen molar-refractivity contribution in [3.63, 3.8) is 0 Å². The van der Waals surface area contributed by atoms with Crippen LogP contribution in [-0.2, 0) is 19.3 Å². The Kier molecular flexibility index (Phi) is 3.43. The third kappa shape index (κ3) is 1.75. The summed E-state index contributed by atoms with van der Waals surface area (Å²) in [4.78, 5) is 3.60. The number of para-hydroxylation sites is 1. The van der Waals surface area contributed by atoms with Gasteiger partial charge in [-0.3, -0.25) is 0 Å². The maximum Gasteiger partial charge on any atom is 0.0745 e. The van der Waals surface area contributed by atoms with Crippen LogP contribution in [0.5, 0.6) is 0 Å². The topological polar surface area (TPSA) is 15.8 Å². The lowest BCUT2D eigenvalue weighted by Gasteiger charge is -2.17. The number of aromatic nitrogens is 1. The van der Waals surface area contributed by atoms with Gasteiger partial charge in [0.15, 0.2) is 0 Å². The fraction of sp³-hybridized carbons (Fsp3) is 0.333. The predicted molar refractivity (Wildman–Crippen MR) is 89.3 cm³/mol. The fourth-order valence-electron chi connectivity index (χ4n) is 3.48. The Balaban J connectivity index is 2.58. The van der Waals surface area contributed by atoms with Gasteiger partial charge < -0.3 is 4.98 Å². The molecule has 3 rings (SSSR count). The first kappa shape index (κ1) is 13.4. The third-order valence-electron chi connectivity index (χ3n) is 4.35. The number of benzene rings is 2. The number of hydrogen-bond acceptors (Lipinski definition) is 0. The van der Waals surface area contributed by atoms with Crippen molar-refractivity contribution in [2.75, 3.05) is 0 Å². The van der Waals surface area contributed by atoms with E-state index in [1.54, 1.807) is 0 Å². The highest BCUT2D eigenvalue weighted by molar-refractivity contribution is 6.41. The first-order valence-electron chi connectivity index (χ1n) is 7.51. The summed E-state index contributed by atoms with van der Waals surface area (Å²) >= 11 is 0. The molecule has 0 saturated carbocycles. The Morgan fingerprint density at radius 1 is 0.900 bits per heavy atom. The number of fused-ring (bicyclic) bond motifs is 3. The predicted octanol–water partition coefficient (Wildman–Crippen LogP) is 3.80. The fourth-order valence-corrected chi connectivity index (χ4v) is 4.00. The van der Waals surface area contributed by atoms with Crippen LogP contribution in [0.3, 0.4) is 0 Å².